The summed E-state index contributed by atoms with van der Waals surface area (Å²) in [4.78, 5) is 0. The molecule has 1 aromatic carbocycles. The summed E-state index contributed by atoms with van der Waals surface area (Å²) in [6.45, 7) is 2.73. The minimum Gasteiger partial charge on any atom is -0.493 e. The second-order valence-corrected chi connectivity index (χ2v) is 8.19. The number of methoxy groups -OCH3 is 1. The predicted octanol–water partition coefficient (Wildman–Crippen LogP) is 5.28. The standard InChI is InChI=1S/C25H28N4O2/c1-3-4-7-12-31-21-11-10-17(13-22(21)30-2)23-19-9-6-5-8-18(19)20(14-26)24(29)25(23,15-27)16-28/h8,10-11,13,19-20,23,29H,3-7,9,12H2,1-2H3/t19-,20+,23-/m1/s1. The maximum absolute atomic E-state index is 10.1. The first-order valence-electron chi connectivity index (χ1n) is 10.9. The van der Waals surface area contributed by atoms with E-state index in [1.165, 1.54) is 0 Å². The molecule has 3 rings (SSSR count). The Morgan fingerprint density at radius 1 is 1.16 bits per heavy atom. The van der Waals surface area contributed by atoms with Crippen LogP contribution in [0.2, 0.25) is 0 Å². The van der Waals surface area contributed by atoms with Crippen molar-refractivity contribution in [3.8, 4) is 29.7 Å². The fourth-order valence-corrected chi connectivity index (χ4v) is 4.92. The molecule has 1 saturated carbocycles. The molecule has 160 valence electrons. The number of nitrogens with one attached hydrogen (secondary N) is 1. The molecule has 2 aliphatic rings. The third kappa shape index (κ3) is 3.89. The van der Waals surface area contributed by atoms with Crippen molar-refractivity contribution in [2.24, 2.45) is 17.3 Å². The first-order chi connectivity index (χ1) is 15.1. The van der Waals surface area contributed by atoms with Crippen LogP contribution in [0.15, 0.2) is 29.8 Å². The summed E-state index contributed by atoms with van der Waals surface area (Å²) in [6.07, 6.45) is 7.75. The minimum atomic E-state index is -1.69. The Bertz CT molecular complexity index is 978. The van der Waals surface area contributed by atoms with Crippen LogP contribution in [0.5, 0.6) is 11.5 Å². The molecule has 2 aliphatic carbocycles. The van der Waals surface area contributed by atoms with Crippen LogP contribution < -0.4 is 9.47 Å². The Kier molecular flexibility index (Phi) is 6.98. The van der Waals surface area contributed by atoms with Crippen molar-refractivity contribution < 1.29 is 9.47 Å². The smallest absolute Gasteiger partial charge is 0.189 e. The average molecular weight is 417 g/mol. The van der Waals surface area contributed by atoms with Gasteiger partial charge in [-0.3, -0.25) is 0 Å². The third-order valence-electron chi connectivity index (χ3n) is 6.48. The molecule has 0 aromatic heterocycles. The molecule has 0 aliphatic heterocycles. The van der Waals surface area contributed by atoms with Crippen molar-refractivity contribution in [3.63, 3.8) is 0 Å². The Morgan fingerprint density at radius 2 is 1.94 bits per heavy atom. The van der Waals surface area contributed by atoms with Crippen LogP contribution in [0.25, 0.3) is 0 Å². The van der Waals surface area contributed by atoms with Crippen LogP contribution in [0.4, 0.5) is 0 Å². The molecule has 3 atom stereocenters. The summed E-state index contributed by atoms with van der Waals surface area (Å²) in [7, 11) is 1.57. The van der Waals surface area contributed by atoms with Gasteiger partial charge in [0.2, 0.25) is 0 Å². The lowest BCUT2D eigenvalue weighted by Crippen LogP contribution is -2.48. The van der Waals surface area contributed by atoms with Gasteiger partial charge in [0.15, 0.2) is 16.9 Å². The fourth-order valence-electron chi connectivity index (χ4n) is 4.92. The van der Waals surface area contributed by atoms with Gasteiger partial charge >= 0.3 is 0 Å². The van der Waals surface area contributed by atoms with E-state index in [-0.39, 0.29) is 11.6 Å². The molecule has 0 spiro atoms. The first kappa shape index (κ1) is 22.4. The monoisotopic (exact) mass is 416 g/mol. The number of unbranched alkanes of at least 4 members (excludes halogenated alkanes) is 2. The van der Waals surface area contributed by atoms with E-state index >= 15 is 0 Å². The third-order valence-corrected chi connectivity index (χ3v) is 6.48. The van der Waals surface area contributed by atoms with Gasteiger partial charge in [-0.15, -0.1) is 0 Å². The largest absolute Gasteiger partial charge is 0.493 e. The molecule has 1 N–H and O–H groups in total. The van der Waals surface area contributed by atoms with Gasteiger partial charge in [0.05, 0.1) is 37.6 Å². The highest BCUT2D eigenvalue weighted by Gasteiger charge is 2.57. The summed E-state index contributed by atoms with van der Waals surface area (Å²) in [5.74, 6) is -0.304. The molecular weight excluding hydrogens is 388 g/mol. The minimum absolute atomic E-state index is 0.117. The van der Waals surface area contributed by atoms with E-state index in [0.717, 1.165) is 49.7 Å². The molecule has 0 unspecified atom stereocenters. The molecule has 0 saturated heterocycles. The van der Waals surface area contributed by atoms with Gasteiger partial charge in [-0.25, -0.2) is 0 Å². The summed E-state index contributed by atoms with van der Waals surface area (Å²) in [6, 6.07) is 12.0. The maximum Gasteiger partial charge on any atom is 0.189 e. The Labute approximate surface area is 184 Å². The van der Waals surface area contributed by atoms with Crippen LogP contribution in [0.3, 0.4) is 0 Å². The van der Waals surface area contributed by atoms with E-state index in [1.807, 2.05) is 24.3 Å². The van der Waals surface area contributed by atoms with Gasteiger partial charge in [0.25, 0.3) is 0 Å². The van der Waals surface area contributed by atoms with Gasteiger partial charge in [0.1, 0.15) is 5.92 Å². The summed E-state index contributed by atoms with van der Waals surface area (Å²) >= 11 is 0. The van der Waals surface area contributed by atoms with Crippen LogP contribution >= 0.6 is 0 Å². The van der Waals surface area contributed by atoms with Crippen LogP contribution in [-0.2, 0) is 0 Å². The molecule has 0 heterocycles. The molecule has 6 heteroatoms. The summed E-state index contributed by atoms with van der Waals surface area (Å²) < 4.78 is 11.5. The Morgan fingerprint density at radius 3 is 2.58 bits per heavy atom. The average Bonchev–Trinajstić information content (AvgIpc) is 2.81. The zero-order valence-electron chi connectivity index (χ0n) is 18.1. The topological polar surface area (TPSA) is 114 Å². The molecule has 1 aromatic rings. The van der Waals surface area contributed by atoms with Crippen molar-refractivity contribution in [3.05, 3.63) is 35.4 Å². The second kappa shape index (κ2) is 9.67. The number of hydrogen-bond donors (Lipinski definition) is 1. The Hall–Kier alpha value is -3.30. The van der Waals surface area contributed by atoms with Gasteiger partial charge in [-0.1, -0.05) is 31.9 Å². The number of nitriles is 3. The number of ether oxygens (including phenoxy) is 2. The van der Waals surface area contributed by atoms with Gasteiger partial charge in [-0.05, 0) is 54.9 Å². The van der Waals surface area contributed by atoms with E-state index in [0.29, 0.717) is 18.1 Å². The number of allylic oxidation sites excluding steroid dienone is 2. The van der Waals surface area contributed by atoms with E-state index in [2.05, 4.69) is 25.1 Å². The second-order valence-electron chi connectivity index (χ2n) is 8.19. The van der Waals surface area contributed by atoms with Gasteiger partial charge in [-0.2, -0.15) is 15.8 Å². The van der Waals surface area contributed by atoms with E-state index in [4.69, 9.17) is 14.9 Å². The van der Waals surface area contributed by atoms with Crippen LogP contribution in [-0.4, -0.2) is 19.4 Å². The zero-order chi connectivity index (χ0) is 22.4. The molecule has 0 radical (unpaired) electrons. The van der Waals surface area contributed by atoms with Crippen molar-refractivity contribution >= 4 is 5.71 Å². The normalized spacial score (nSPS) is 24.0. The highest BCUT2D eigenvalue weighted by molar-refractivity contribution is 6.00. The van der Waals surface area contributed by atoms with E-state index in [9.17, 15) is 15.8 Å². The van der Waals surface area contributed by atoms with E-state index < -0.39 is 17.3 Å². The first-order valence-corrected chi connectivity index (χ1v) is 10.9. The van der Waals surface area contributed by atoms with Crippen molar-refractivity contribution in [2.45, 2.75) is 51.4 Å². The number of benzene rings is 1. The zero-order valence-corrected chi connectivity index (χ0v) is 18.1. The number of fused-ring (bicyclic) bond motifs is 1. The Balaban J connectivity index is 2.06. The van der Waals surface area contributed by atoms with Gasteiger partial charge in [0, 0.05) is 5.92 Å². The van der Waals surface area contributed by atoms with Crippen LogP contribution in [0.1, 0.15) is 56.9 Å². The molecular formula is C25H28N4O2. The summed E-state index contributed by atoms with van der Waals surface area (Å²) in [5.41, 5.74) is -0.161. The molecule has 0 bridgehead atoms. The number of nitrogens with zero attached hydrogens (tertiary/aromatic N) is 3. The molecule has 1 fully saturated rings. The maximum atomic E-state index is 10.1. The lowest BCUT2D eigenvalue weighted by Gasteiger charge is -2.45. The highest BCUT2D eigenvalue weighted by atomic mass is 16.5. The van der Waals surface area contributed by atoms with Crippen molar-refractivity contribution in [1.29, 1.82) is 21.2 Å². The number of rotatable bonds is 7. The lowest BCUT2D eigenvalue weighted by molar-refractivity contribution is 0.284. The summed E-state index contributed by atoms with van der Waals surface area (Å²) in [5, 5.41) is 38.6. The predicted molar refractivity (Wildman–Crippen MR) is 117 cm³/mol. The number of hydrogen-bond acceptors (Lipinski definition) is 6. The SMILES string of the molecule is CCCCCOc1ccc([C@@H]2[C@@H]3CCCC=C3[C@H](C#N)C(=N)C2(C#N)C#N)cc1OC. The van der Waals surface area contributed by atoms with Crippen molar-refractivity contribution in [1.82, 2.24) is 0 Å². The van der Waals surface area contributed by atoms with Gasteiger partial charge < -0.3 is 14.9 Å². The van der Waals surface area contributed by atoms with Crippen molar-refractivity contribution in [2.75, 3.05) is 13.7 Å². The fraction of sp³-hybridized carbons (Fsp3) is 0.520. The molecule has 31 heavy (non-hydrogen) atoms. The molecule has 6 nitrogen and oxygen atoms in total. The molecule has 0 amide bonds. The van der Waals surface area contributed by atoms with E-state index in [1.54, 1.807) is 7.11 Å². The lowest BCUT2D eigenvalue weighted by atomic mass is 9.53. The van der Waals surface area contributed by atoms with Crippen LogP contribution in [0, 0.1) is 56.7 Å². The highest BCUT2D eigenvalue weighted by Crippen LogP contribution is 2.55. The quantitative estimate of drug-likeness (QED) is 0.480.